The minimum absolute atomic E-state index is 0.0100. The van der Waals surface area contributed by atoms with E-state index in [-0.39, 0.29) is 62.7 Å². The number of carbonyl (C=O) groups is 11. The van der Waals surface area contributed by atoms with Gasteiger partial charge in [0.25, 0.3) is 5.91 Å². The first-order valence-electron chi connectivity index (χ1n) is 22.2. The highest BCUT2D eigenvalue weighted by molar-refractivity contribution is 5.92. The second-order valence-electron chi connectivity index (χ2n) is 16.2. The van der Waals surface area contributed by atoms with Gasteiger partial charge in [0, 0.05) is 56.3 Å². The molecule has 0 aliphatic heterocycles. The van der Waals surface area contributed by atoms with Crippen LogP contribution in [0, 0.1) is 5.92 Å². The summed E-state index contributed by atoms with van der Waals surface area (Å²) in [6.07, 6.45) is -13.4. The van der Waals surface area contributed by atoms with Crippen molar-refractivity contribution < 1.29 is 129 Å². The average Bonchev–Trinajstić information content (AvgIpc) is 3.23. The number of hydrogen-bond acceptors (Lipinski definition) is 14. The van der Waals surface area contributed by atoms with Gasteiger partial charge in [0.05, 0.1) is 19.0 Å². The fourth-order valence-electron chi connectivity index (χ4n) is 5.44. The van der Waals surface area contributed by atoms with Crippen molar-refractivity contribution in [1.29, 1.82) is 0 Å². The second kappa shape index (κ2) is 37.6. The number of Topliss-reactive ketones (excluding diaryl/α,β-unsaturated/α-hetero) is 1. The maximum Gasteiger partial charge on any atom is 0.430 e. The number of carbonyl (C=O) groups excluding carboxylic acids is 10. The number of guanidine groups is 1. The van der Waals surface area contributed by atoms with Crippen LogP contribution in [-0.2, 0) is 52.7 Å². The van der Waals surface area contributed by atoms with E-state index < -0.39 is 114 Å². The first-order valence-corrected chi connectivity index (χ1v) is 22.2. The number of rotatable bonds is 28. The molecular formula is C40H66F9N11O15. The van der Waals surface area contributed by atoms with Crippen molar-refractivity contribution in [2.45, 2.75) is 154 Å². The number of halogens is 9. The maximum atomic E-state index is 12.8. The van der Waals surface area contributed by atoms with Crippen molar-refractivity contribution in [3.63, 3.8) is 0 Å². The molecule has 0 saturated heterocycles. The van der Waals surface area contributed by atoms with Crippen LogP contribution in [0.4, 0.5) is 39.5 Å². The van der Waals surface area contributed by atoms with Gasteiger partial charge in [0.2, 0.25) is 29.5 Å². The normalized spacial score (nSPS) is 13.8. The van der Waals surface area contributed by atoms with Crippen LogP contribution in [-0.4, -0.2) is 151 Å². The number of hydrogen-bond donors (Lipinski definition) is 12. The molecule has 0 radical (unpaired) electrons. The van der Waals surface area contributed by atoms with Gasteiger partial charge in [-0.2, -0.15) is 39.5 Å². The summed E-state index contributed by atoms with van der Waals surface area (Å²) in [5.74, 6) is -13.8. The molecule has 0 aliphatic carbocycles. The van der Waals surface area contributed by atoms with Gasteiger partial charge in [-0.3, -0.25) is 54.8 Å². The summed E-state index contributed by atoms with van der Waals surface area (Å²) < 4.78 is 94.6. The predicted molar refractivity (Wildman–Crippen MR) is 230 cm³/mol. The molecule has 0 aromatic rings. The lowest BCUT2D eigenvalue weighted by molar-refractivity contribution is -0.459. The standard InChI is InChI=1S/C34H63N11O9.3C2HF3O2/c1-19(13-25(46)17-24(33(53)54)9-6-7-11-35)40-27(47)14-20(2)41-28(48)15-21(3)42-29(49)16-22(4)43-31(51)23(5)44-32(52)26(45-30(50)18-36)10-8-12-39-34(37)38;3*3-2(4,5)1(6)7/h19-24,26H,6-18,35-36H2,1-5H3,(H,40,47)(H,41,48)(H,42,49)(H,43,51)(H,44,52)(H,45,50)(H,53,54)(H4,37,38,39);3*(H,6,7)/t19-,20-,21+,22+,23-,24+,26-;;;/m0.../s1. The third-order valence-electron chi connectivity index (χ3n) is 8.82. The van der Waals surface area contributed by atoms with Gasteiger partial charge in [-0.15, -0.1) is 0 Å². The number of alkyl halides is 9. The fraction of sp³-hybridized carbons (Fsp3) is 0.700. The summed E-state index contributed by atoms with van der Waals surface area (Å²) in [4.78, 5) is 128. The van der Waals surface area contributed by atoms with Crippen molar-refractivity contribution in [1.82, 2.24) is 31.9 Å². The highest BCUT2D eigenvalue weighted by Crippen LogP contribution is 2.16. The monoisotopic (exact) mass is 1110 g/mol. The van der Waals surface area contributed by atoms with E-state index >= 15 is 0 Å². The molecule has 26 nitrogen and oxygen atoms in total. The predicted octanol–water partition coefficient (Wildman–Crippen LogP) is -8.10. The van der Waals surface area contributed by atoms with E-state index in [0.29, 0.717) is 32.4 Å². The molecule has 0 unspecified atom stereocenters. The van der Waals surface area contributed by atoms with E-state index in [2.05, 4.69) is 48.4 Å². The van der Waals surface area contributed by atoms with Crippen molar-refractivity contribution in [3.8, 4) is 0 Å². The number of nitrogens with two attached hydrogens (primary N) is 2. The van der Waals surface area contributed by atoms with Crippen LogP contribution in [0.1, 0.15) is 98.8 Å². The molecule has 35 heteroatoms. The van der Waals surface area contributed by atoms with Gasteiger partial charge in [0.15, 0.2) is 6.54 Å². The zero-order valence-corrected chi connectivity index (χ0v) is 41.4. The molecule has 0 aromatic carbocycles. The molecule has 0 bridgehead atoms. The van der Waals surface area contributed by atoms with Crippen LogP contribution in [0.5, 0.6) is 0 Å². The number of unbranched alkanes of at least 4 members (excludes halogenated alkanes) is 1. The summed E-state index contributed by atoms with van der Waals surface area (Å²) in [6, 6.07) is -4.17. The summed E-state index contributed by atoms with van der Waals surface area (Å²) in [5, 5.41) is 51.7. The Bertz CT molecular complexity index is 1850. The van der Waals surface area contributed by atoms with Crippen LogP contribution < -0.4 is 75.1 Å². The number of nitrogens with one attached hydrogen (secondary N) is 7. The Kier molecular flexibility index (Phi) is 37.4. The molecule has 6 amide bonds. The minimum atomic E-state index is -5.19. The van der Waals surface area contributed by atoms with E-state index in [9.17, 15) is 83.0 Å². The first-order chi connectivity index (χ1) is 34.1. The largest absolute Gasteiger partial charge is 0.542 e. The number of amides is 6. The quantitative estimate of drug-likeness (QED) is 0.0150. The molecule has 18 N–H and O–H groups in total. The molecule has 75 heavy (non-hydrogen) atoms. The smallest absolute Gasteiger partial charge is 0.430 e. The molecule has 0 spiro atoms. The highest BCUT2D eigenvalue weighted by atomic mass is 19.4. The van der Waals surface area contributed by atoms with Crippen LogP contribution in [0.3, 0.4) is 0 Å². The molecule has 0 saturated carbocycles. The molecule has 0 heterocycles. The molecular weight excluding hydrogens is 1050 g/mol. The van der Waals surface area contributed by atoms with E-state index in [1.807, 2.05) is 0 Å². The van der Waals surface area contributed by atoms with Gasteiger partial charge >= 0.3 is 30.5 Å². The maximum absolute atomic E-state index is 12.8. The average molecular weight is 1110 g/mol. The lowest BCUT2D eigenvalue weighted by atomic mass is 9.94. The van der Waals surface area contributed by atoms with Crippen molar-refractivity contribution >= 4 is 71.1 Å². The molecule has 0 aliphatic rings. The topological polar surface area (TPSA) is 471 Å². The van der Waals surface area contributed by atoms with Crippen molar-refractivity contribution in [3.05, 3.63) is 0 Å². The van der Waals surface area contributed by atoms with Gasteiger partial charge in [0.1, 0.15) is 35.8 Å². The summed E-state index contributed by atoms with van der Waals surface area (Å²) >= 11 is 0. The summed E-state index contributed by atoms with van der Waals surface area (Å²) in [7, 11) is 0. The zero-order chi connectivity index (χ0) is 59.6. The van der Waals surface area contributed by atoms with Crippen LogP contribution in [0.25, 0.3) is 0 Å². The first kappa shape index (κ1) is 74.5. The van der Waals surface area contributed by atoms with Crippen molar-refractivity contribution in [2.75, 3.05) is 19.6 Å². The van der Waals surface area contributed by atoms with E-state index in [1.165, 1.54) is 6.92 Å². The van der Waals surface area contributed by atoms with Crippen LogP contribution in [0.2, 0.25) is 0 Å². The molecule has 434 valence electrons. The highest BCUT2D eigenvalue weighted by Gasteiger charge is 2.31. The van der Waals surface area contributed by atoms with E-state index in [0.717, 1.165) is 6.42 Å². The van der Waals surface area contributed by atoms with Gasteiger partial charge in [-0.05, 0) is 66.7 Å². The number of carboxylic acids is 4. The Hall–Kier alpha value is -7.07. The Morgan fingerprint density at radius 3 is 1.23 bits per heavy atom. The van der Waals surface area contributed by atoms with Gasteiger partial charge < -0.3 is 78.2 Å². The number of carboxylic acid groups (broad SMARTS) is 4. The molecule has 0 rings (SSSR count). The zero-order valence-electron chi connectivity index (χ0n) is 41.4. The van der Waals surface area contributed by atoms with Crippen molar-refractivity contribution in [2.24, 2.45) is 17.4 Å². The molecule has 7 atom stereocenters. The lowest BCUT2D eigenvalue weighted by Crippen LogP contribution is -2.78. The van der Waals surface area contributed by atoms with Crippen LogP contribution >= 0.6 is 0 Å². The third-order valence-corrected chi connectivity index (χ3v) is 8.82. The molecule has 0 aromatic heterocycles. The lowest BCUT2D eigenvalue weighted by Gasteiger charge is -2.22. The minimum Gasteiger partial charge on any atom is -0.542 e. The SMILES string of the molecule is C[C@H](CC(=O)N[C@@H](C)CC(=O)N[C@@H](C)CC(=O)C[C@@H](CCCC[NH3+])C(=O)O)NC(=O)C[C@@H](C)NC(=O)[C@H](C)NC(=O)[C@H](CCC[NH+]=C(N)N)NC(=O)C[NH3+].O=C([O-])C(F)(F)F.O=C([O-])C(F)(F)F.O=C([O-])C(F)(F)F. The van der Waals surface area contributed by atoms with E-state index in [1.54, 1.807) is 27.7 Å². The number of quaternary nitrogens is 2. The fourth-order valence-corrected chi connectivity index (χ4v) is 5.44. The number of ketones is 1. The van der Waals surface area contributed by atoms with Gasteiger partial charge in [-0.1, -0.05) is 0 Å². The Labute approximate surface area is 422 Å². The number of aliphatic carboxylic acids is 4. The third kappa shape index (κ3) is 43.1. The molecule has 0 fully saturated rings. The Morgan fingerprint density at radius 1 is 0.520 bits per heavy atom. The summed E-state index contributed by atoms with van der Waals surface area (Å²) in [6.45, 7) is 8.99. The Balaban J connectivity index is -0.000000990. The summed E-state index contributed by atoms with van der Waals surface area (Å²) in [5.41, 5.74) is 18.0. The Morgan fingerprint density at radius 2 is 0.893 bits per heavy atom. The second-order valence-corrected chi connectivity index (χ2v) is 16.2. The van der Waals surface area contributed by atoms with Gasteiger partial charge in [-0.25, -0.2) is 0 Å². The van der Waals surface area contributed by atoms with E-state index in [4.69, 9.17) is 41.2 Å². The van der Waals surface area contributed by atoms with Crippen LogP contribution in [0.15, 0.2) is 0 Å².